The molecule has 0 atom stereocenters. The lowest BCUT2D eigenvalue weighted by atomic mass is 10.0. The van der Waals surface area contributed by atoms with Gasteiger partial charge in [-0.25, -0.2) is 4.79 Å². The van der Waals surface area contributed by atoms with Crippen molar-refractivity contribution >= 4 is 11.8 Å². The van der Waals surface area contributed by atoms with Crippen LogP contribution >= 0.6 is 0 Å². The van der Waals surface area contributed by atoms with E-state index in [0.717, 1.165) is 12.2 Å². The van der Waals surface area contributed by atoms with Gasteiger partial charge in [0, 0.05) is 18.8 Å². The number of rotatable bonds is 8. The number of anilines is 1. The number of para-hydroxylation sites is 1. The molecule has 0 saturated heterocycles. The number of ether oxygens (including phenoxy) is 2. The molecule has 0 spiro atoms. The molecule has 1 rings (SSSR count). The summed E-state index contributed by atoms with van der Waals surface area (Å²) in [5.74, 6) is 0.484. The number of nitrogens with one attached hydrogen (secondary N) is 2. The summed E-state index contributed by atoms with van der Waals surface area (Å²) in [5.41, 5.74) is 1.98. The quantitative estimate of drug-likeness (QED) is 0.715. The van der Waals surface area contributed by atoms with Gasteiger partial charge in [-0.1, -0.05) is 32.0 Å². The normalized spacial score (nSPS) is 11.4. The molecule has 0 unspecified atom stereocenters. The molecule has 0 fully saturated rings. The number of carbonyl (C=O) groups is 1. The molecule has 1 amide bonds. The number of amides is 1. The number of hydrogen-bond donors (Lipinski definition) is 2. The van der Waals surface area contributed by atoms with Gasteiger partial charge in [-0.2, -0.15) is 0 Å². The molecule has 1 aromatic carbocycles. The first kappa shape index (κ1) is 19.3. The van der Waals surface area contributed by atoms with Crippen LogP contribution in [-0.4, -0.2) is 38.0 Å². The van der Waals surface area contributed by atoms with Crippen LogP contribution in [0.5, 0.6) is 0 Å². The maximum atomic E-state index is 11.4. The topological polar surface area (TPSA) is 59.6 Å². The fraction of sp³-hybridized carbons (Fsp3) is 0.611. The van der Waals surface area contributed by atoms with Crippen LogP contribution in [0.3, 0.4) is 0 Å². The zero-order valence-corrected chi connectivity index (χ0v) is 14.9. The maximum absolute atomic E-state index is 11.4. The first-order valence-corrected chi connectivity index (χ1v) is 8.17. The van der Waals surface area contributed by atoms with E-state index in [9.17, 15) is 4.79 Å². The Balaban J connectivity index is 2.14. The molecule has 0 aromatic heterocycles. The molecule has 2 N–H and O–H groups in total. The van der Waals surface area contributed by atoms with Gasteiger partial charge in [-0.05, 0) is 38.3 Å². The number of hydrogen-bond acceptors (Lipinski definition) is 4. The highest BCUT2D eigenvalue weighted by atomic mass is 16.6. The Hall–Kier alpha value is -1.75. The monoisotopic (exact) mass is 322 g/mol. The minimum absolute atomic E-state index is 0.412. The largest absolute Gasteiger partial charge is 0.444 e. The summed E-state index contributed by atoms with van der Waals surface area (Å²) >= 11 is 0. The van der Waals surface area contributed by atoms with Crippen LogP contribution in [-0.2, 0) is 9.47 Å². The fourth-order valence-electron chi connectivity index (χ4n) is 2.06. The molecule has 0 aliphatic heterocycles. The van der Waals surface area contributed by atoms with Crippen LogP contribution in [0.1, 0.15) is 46.1 Å². The standard InChI is InChI=1S/C18H30N2O3/c1-14(2)15-8-6-7-9-16(15)19-10-12-22-13-11-20-17(21)23-18(3,4)5/h6-9,14,19H,10-13H2,1-5H3,(H,20,21). The summed E-state index contributed by atoms with van der Waals surface area (Å²) in [7, 11) is 0. The van der Waals surface area contributed by atoms with E-state index < -0.39 is 11.7 Å². The predicted molar refractivity (Wildman–Crippen MR) is 94.1 cm³/mol. The molecule has 23 heavy (non-hydrogen) atoms. The van der Waals surface area contributed by atoms with Crippen molar-refractivity contribution in [2.75, 3.05) is 31.6 Å². The Morgan fingerprint density at radius 3 is 2.43 bits per heavy atom. The molecular weight excluding hydrogens is 292 g/mol. The molecule has 0 bridgehead atoms. The third-order valence-electron chi connectivity index (χ3n) is 3.06. The average Bonchev–Trinajstić information content (AvgIpc) is 2.44. The van der Waals surface area contributed by atoms with E-state index >= 15 is 0 Å². The van der Waals surface area contributed by atoms with Gasteiger partial charge in [0.2, 0.25) is 0 Å². The van der Waals surface area contributed by atoms with Crippen LogP contribution < -0.4 is 10.6 Å². The highest BCUT2D eigenvalue weighted by Crippen LogP contribution is 2.23. The van der Waals surface area contributed by atoms with Crippen LogP contribution in [0.15, 0.2) is 24.3 Å². The highest BCUT2D eigenvalue weighted by Gasteiger charge is 2.15. The van der Waals surface area contributed by atoms with Crippen molar-refractivity contribution in [3.05, 3.63) is 29.8 Å². The first-order valence-electron chi connectivity index (χ1n) is 8.17. The number of alkyl carbamates (subject to hydrolysis) is 1. The highest BCUT2D eigenvalue weighted by molar-refractivity contribution is 5.67. The van der Waals surface area contributed by atoms with Crippen LogP contribution in [0, 0.1) is 0 Å². The van der Waals surface area contributed by atoms with Crippen molar-refractivity contribution < 1.29 is 14.3 Å². The summed E-state index contributed by atoms with van der Waals surface area (Å²) in [6.45, 7) is 12.1. The lowest BCUT2D eigenvalue weighted by Gasteiger charge is -2.19. The van der Waals surface area contributed by atoms with E-state index in [1.165, 1.54) is 5.56 Å². The van der Waals surface area contributed by atoms with E-state index in [1.54, 1.807) is 0 Å². The molecule has 0 saturated carbocycles. The summed E-state index contributed by atoms with van der Waals surface area (Å²) < 4.78 is 10.6. The van der Waals surface area contributed by atoms with Gasteiger partial charge < -0.3 is 20.1 Å². The van der Waals surface area contributed by atoms with Gasteiger partial charge in [-0.3, -0.25) is 0 Å². The smallest absolute Gasteiger partial charge is 0.407 e. The van der Waals surface area contributed by atoms with Gasteiger partial charge in [0.05, 0.1) is 13.2 Å². The molecule has 0 aliphatic carbocycles. The van der Waals surface area contributed by atoms with E-state index in [-0.39, 0.29) is 0 Å². The average molecular weight is 322 g/mol. The Kier molecular flexibility index (Phi) is 7.89. The molecule has 0 heterocycles. The second kappa shape index (κ2) is 9.40. The molecule has 5 heteroatoms. The zero-order valence-electron chi connectivity index (χ0n) is 14.9. The van der Waals surface area contributed by atoms with E-state index in [2.05, 4.69) is 42.7 Å². The van der Waals surface area contributed by atoms with Gasteiger partial charge in [0.1, 0.15) is 5.60 Å². The van der Waals surface area contributed by atoms with Crippen LogP contribution in [0.4, 0.5) is 10.5 Å². The van der Waals surface area contributed by atoms with E-state index in [1.807, 2.05) is 26.8 Å². The number of benzene rings is 1. The van der Waals surface area contributed by atoms with Crippen molar-refractivity contribution in [3.8, 4) is 0 Å². The Morgan fingerprint density at radius 1 is 1.13 bits per heavy atom. The molecule has 5 nitrogen and oxygen atoms in total. The lowest BCUT2D eigenvalue weighted by Crippen LogP contribution is -2.34. The SMILES string of the molecule is CC(C)c1ccccc1NCCOCCNC(=O)OC(C)(C)C. The first-order chi connectivity index (χ1) is 10.8. The van der Waals surface area contributed by atoms with Crippen molar-refractivity contribution in [3.63, 3.8) is 0 Å². The lowest BCUT2D eigenvalue weighted by molar-refractivity contribution is 0.0502. The Labute approximate surface area is 139 Å². The molecule has 130 valence electrons. The van der Waals surface area contributed by atoms with Crippen LogP contribution in [0.25, 0.3) is 0 Å². The second-order valence-electron chi connectivity index (χ2n) is 6.71. The molecule has 0 aliphatic rings. The summed E-state index contributed by atoms with van der Waals surface area (Å²) in [4.78, 5) is 11.4. The summed E-state index contributed by atoms with van der Waals surface area (Å²) in [5, 5.41) is 6.05. The third kappa shape index (κ3) is 8.45. The fourth-order valence-corrected chi connectivity index (χ4v) is 2.06. The third-order valence-corrected chi connectivity index (χ3v) is 3.06. The maximum Gasteiger partial charge on any atom is 0.407 e. The predicted octanol–water partition coefficient (Wildman–Crippen LogP) is 3.76. The molecule has 0 radical (unpaired) electrons. The minimum atomic E-state index is -0.474. The number of carbonyl (C=O) groups excluding carboxylic acids is 1. The summed E-state index contributed by atoms with van der Waals surface area (Å²) in [6, 6.07) is 8.30. The van der Waals surface area contributed by atoms with Crippen molar-refractivity contribution in [2.24, 2.45) is 0 Å². The van der Waals surface area contributed by atoms with Crippen molar-refractivity contribution in [2.45, 2.75) is 46.1 Å². The van der Waals surface area contributed by atoms with E-state index in [4.69, 9.17) is 9.47 Å². The van der Waals surface area contributed by atoms with Crippen LogP contribution in [0.2, 0.25) is 0 Å². The van der Waals surface area contributed by atoms with E-state index in [0.29, 0.717) is 25.7 Å². The van der Waals surface area contributed by atoms with Crippen molar-refractivity contribution in [1.29, 1.82) is 0 Å². The molecule has 1 aromatic rings. The van der Waals surface area contributed by atoms with Gasteiger partial charge in [-0.15, -0.1) is 0 Å². The van der Waals surface area contributed by atoms with Gasteiger partial charge in [0.25, 0.3) is 0 Å². The Morgan fingerprint density at radius 2 is 1.78 bits per heavy atom. The Bertz CT molecular complexity index is 481. The second-order valence-corrected chi connectivity index (χ2v) is 6.71. The molecular formula is C18H30N2O3. The summed E-state index contributed by atoms with van der Waals surface area (Å²) in [6.07, 6.45) is -0.412. The minimum Gasteiger partial charge on any atom is -0.444 e. The van der Waals surface area contributed by atoms with Crippen molar-refractivity contribution in [1.82, 2.24) is 5.32 Å². The zero-order chi connectivity index (χ0) is 17.3. The van der Waals surface area contributed by atoms with Gasteiger partial charge in [0.15, 0.2) is 0 Å². The van der Waals surface area contributed by atoms with Gasteiger partial charge >= 0.3 is 6.09 Å².